The third kappa shape index (κ3) is 3.00. The summed E-state index contributed by atoms with van der Waals surface area (Å²) in [4.78, 5) is 22.3. The van der Waals surface area contributed by atoms with Crippen molar-refractivity contribution >= 4 is 10.9 Å². The molecule has 3 aromatic rings. The van der Waals surface area contributed by atoms with Crippen LogP contribution in [0, 0.1) is 0 Å². The summed E-state index contributed by atoms with van der Waals surface area (Å²) in [6.07, 6.45) is 4.80. The highest BCUT2D eigenvalue weighted by Gasteiger charge is 2.22. The summed E-state index contributed by atoms with van der Waals surface area (Å²) in [5, 5.41) is 1.31. The molecule has 1 aliphatic heterocycles. The van der Waals surface area contributed by atoms with Crippen molar-refractivity contribution in [2.45, 2.75) is 39.3 Å². The maximum absolute atomic E-state index is 12.3. The van der Waals surface area contributed by atoms with Crippen LogP contribution in [0.25, 0.3) is 10.9 Å². The first-order valence-corrected chi connectivity index (χ1v) is 9.02. The van der Waals surface area contributed by atoms with Gasteiger partial charge in [0.25, 0.3) is 5.56 Å². The number of hydrogen-bond donors (Lipinski definition) is 1. The smallest absolute Gasteiger partial charge is 0.254 e. The lowest BCUT2D eigenvalue weighted by Crippen LogP contribution is -2.35. The van der Waals surface area contributed by atoms with E-state index >= 15 is 0 Å². The maximum atomic E-state index is 12.3. The molecule has 2 aromatic heterocycles. The third-order valence-electron chi connectivity index (χ3n) is 5.06. The van der Waals surface area contributed by atoms with Crippen molar-refractivity contribution in [2.75, 3.05) is 6.54 Å². The number of fused-ring (bicyclic) bond motifs is 2. The van der Waals surface area contributed by atoms with Gasteiger partial charge >= 0.3 is 0 Å². The van der Waals surface area contributed by atoms with E-state index in [1.807, 2.05) is 0 Å². The normalized spacial score (nSPS) is 14.8. The summed E-state index contributed by atoms with van der Waals surface area (Å²) in [7, 11) is 2.09. The Kier molecular flexibility index (Phi) is 4.17. The van der Waals surface area contributed by atoms with Crippen molar-refractivity contribution in [2.24, 2.45) is 7.05 Å². The van der Waals surface area contributed by atoms with E-state index in [4.69, 9.17) is 4.98 Å². The molecular formula is C20H24N4O. The summed E-state index contributed by atoms with van der Waals surface area (Å²) in [5.74, 6) is 0.818. The second-order valence-corrected chi connectivity index (χ2v) is 6.93. The molecule has 0 saturated heterocycles. The molecule has 0 unspecified atom stereocenters. The van der Waals surface area contributed by atoms with Crippen LogP contribution in [0.3, 0.4) is 0 Å². The van der Waals surface area contributed by atoms with Gasteiger partial charge in [0.05, 0.1) is 5.69 Å². The van der Waals surface area contributed by atoms with Gasteiger partial charge in [-0.25, -0.2) is 4.98 Å². The molecule has 0 fully saturated rings. The average molecular weight is 336 g/mol. The fourth-order valence-electron chi connectivity index (χ4n) is 3.83. The SMILES string of the molecule is CCCc1nc2c(c(=O)[nH]1)CCN(Cc1cn(C)c3ccccc13)C2. The second kappa shape index (κ2) is 6.48. The highest BCUT2D eigenvalue weighted by molar-refractivity contribution is 5.83. The molecule has 0 atom stereocenters. The van der Waals surface area contributed by atoms with Crippen LogP contribution < -0.4 is 5.56 Å². The number of aromatic nitrogens is 3. The van der Waals surface area contributed by atoms with Crippen LogP contribution in [-0.4, -0.2) is 26.0 Å². The van der Waals surface area contributed by atoms with Crippen LogP contribution in [0.15, 0.2) is 35.3 Å². The molecule has 5 heteroatoms. The highest BCUT2D eigenvalue weighted by Crippen LogP contribution is 2.24. The molecule has 1 N–H and O–H groups in total. The van der Waals surface area contributed by atoms with Gasteiger partial charge in [-0.2, -0.15) is 0 Å². The first kappa shape index (κ1) is 16.1. The van der Waals surface area contributed by atoms with Crippen molar-refractivity contribution in [3.05, 3.63) is 63.5 Å². The second-order valence-electron chi connectivity index (χ2n) is 6.93. The molecule has 0 aliphatic carbocycles. The Morgan fingerprint density at radius 2 is 2.12 bits per heavy atom. The third-order valence-corrected chi connectivity index (χ3v) is 5.06. The molecule has 1 aliphatic rings. The van der Waals surface area contributed by atoms with Crippen molar-refractivity contribution in [3.8, 4) is 0 Å². The average Bonchev–Trinajstić information content (AvgIpc) is 2.91. The van der Waals surface area contributed by atoms with Crippen LogP contribution in [0.2, 0.25) is 0 Å². The predicted molar refractivity (Wildman–Crippen MR) is 99.6 cm³/mol. The largest absolute Gasteiger partial charge is 0.350 e. The van der Waals surface area contributed by atoms with Crippen LogP contribution in [0.1, 0.15) is 36.0 Å². The van der Waals surface area contributed by atoms with Gasteiger partial charge in [-0.1, -0.05) is 25.1 Å². The number of rotatable bonds is 4. The Bertz CT molecular complexity index is 969. The summed E-state index contributed by atoms with van der Waals surface area (Å²) in [5.41, 5.74) is 4.47. The van der Waals surface area contributed by atoms with Gasteiger partial charge in [0.1, 0.15) is 5.82 Å². The topological polar surface area (TPSA) is 53.9 Å². The molecule has 0 saturated carbocycles. The number of benzene rings is 1. The molecule has 5 nitrogen and oxygen atoms in total. The highest BCUT2D eigenvalue weighted by atomic mass is 16.1. The number of nitrogens with one attached hydrogen (secondary N) is 1. The lowest BCUT2D eigenvalue weighted by atomic mass is 10.1. The molecule has 25 heavy (non-hydrogen) atoms. The molecule has 0 amide bonds. The van der Waals surface area contributed by atoms with Gasteiger partial charge < -0.3 is 9.55 Å². The zero-order valence-electron chi connectivity index (χ0n) is 14.9. The zero-order valence-corrected chi connectivity index (χ0v) is 14.9. The van der Waals surface area contributed by atoms with Crippen LogP contribution in [0.4, 0.5) is 0 Å². The molecule has 130 valence electrons. The first-order chi connectivity index (χ1) is 12.2. The van der Waals surface area contributed by atoms with E-state index in [9.17, 15) is 4.79 Å². The lowest BCUT2D eigenvalue weighted by molar-refractivity contribution is 0.240. The van der Waals surface area contributed by atoms with E-state index in [-0.39, 0.29) is 5.56 Å². The van der Waals surface area contributed by atoms with E-state index < -0.39 is 0 Å². The van der Waals surface area contributed by atoms with E-state index in [2.05, 4.69) is 58.9 Å². The van der Waals surface area contributed by atoms with Gasteiger partial charge in [0.15, 0.2) is 0 Å². The van der Waals surface area contributed by atoms with Crippen molar-refractivity contribution in [1.82, 2.24) is 19.4 Å². The van der Waals surface area contributed by atoms with Crippen LogP contribution in [0.5, 0.6) is 0 Å². The van der Waals surface area contributed by atoms with E-state index in [0.29, 0.717) is 0 Å². The van der Waals surface area contributed by atoms with Crippen LogP contribution in [-0.2, 0) is 33.0 Å². The predicted octanol–water partition coefficient (Wildman–Crippen LogP) is 2.77. The number of aryl methyl sites for hydroxylation is 2. The number of aromatic amines is 1. The number of H-pyrrole nitrogens is 1. The number of nitrogens with zero attached hydrogens (tertiary/aromatic N) is 3. The van der Waals surface area contributed by atoms with Gasteiger partial charge in [0.2, 0.25) is 0 Å². The quantitative estimate of drug-likeness (QED) is 0.797. The summed E-state index contributed by atoms with van der Waals surface area (Å²) >= 11 is 0. The van der Waals surface area contributed by atoms with Crippen LogP contribution >= 0.6 is 0 Å². The summed E-state index contributed by atoms with van der Waals surface area (Å²) in [6, 6.07) is 8.51. The standard InChI is InChI=1S/C20H24N4O/c1-3-6-19-21-17-13-24(10-9-16(17)20(25)22-19)12-14-11-23(2)18-8-5-4-7-15(14)18/h4-5,7-8,11H,3,6,9-10,12-13H2,1-2H3,(H,21,22,25). The fraction of sp³-hybridized carbons (Fsp3) is 0.400. The summed E-state index contributed by atoms with van der Waals surface area (Å²) < 4.78 is 2.19. The van der Waals surface area contributed by atoms with E-state index in [1.54, 1.807) is 0 Å². The van der Waals surface area contributed by atoms with Gasteiger partial charge in [0, 0.05) is 55.8 Å². The molecule has 0 bridgehead atoms. The maximum Gasteiger partial charge on any atom is 0.254 e. The zero-order chi connectivity index (χ0) is 17.4. The minimum atomic E-state index is 0.0539. The Balaban J connectivity index is 1.61. The lowest BCUT2D eigenvalue weighted by Gasteiger charge is -2.27. The van der Waals surface area contributed by atoms with Gasteiger partial charge in [-0.3, -0.25) is 9.69 Å². The fourth-order valence-corrected chi connectivity index (χ4v) is 3.83. The molecule has 1 aromatic carbocycles. The number of para-hydroxylation sites is 1. The molecule has 0 spiro atoms. The van der Waals surface area contributed by atoms with Crippen molar-refractivity contribution in [3.63, 3.8) is 0 Å². The Hall–Kier alpha value is -2.40. The molecular weight excluding hydrogens is 312 g/mol. The summed E-state index contributed by atoms with van der Waals surface area (Å²) in [6.45, 7) is 4.64. The molecule has 3 heterocycles. The first-order valence-electron chi connectivity index (χ1n) is 9.02. The Labute approximate surface area is 147 Å². The molecule has 0 radical (unpaired) electrons. The van der Waals surface area contributed by atoms with Gasteiger partial charge in [-0.05, 0) is 24.5 Å². The van der Waals surface area contributed by atoms with E-state index in [1.165, 1.54) is 16.5 Å². The minimum Gasteiger partial charge on any atom is -0.350 e. The monoisotopic (exact) mass is 336 g/mol. The van der Waals surface area contributed by atoms with Crippen molar-refractivity contribution in [1.29, 1.82) is 0 Å². The minimum absolute atomic E-state index is 0.0539. The Morgan fingerprint density at radius 3 is 2.96 bits per heavy atom. The van der Waals surface area contributed by atoms with Gasteiger partial charge in [-0.15, -0.1) is 0 Å². The Morgan fingerprint density at radius 1 is 1.28 bits per heavy atom. The molecule has 4 rings (SSSR count). The van der Waals surface area contributed by atoms with E-state index in [0.717, 1.165) is 56.0 Å². The number of hydrogen-bond acceptors (Lipinski definition) is 3. The van der Waals surface area contributed by atoms with Crippen molar-refractivity contribution < 1.29 is 0 Å².